The van der Waals surface area contributed by atoms with E-state index in [1.54, 1.807) is 0 Å². The molecule has 0 rings (SSSR count). The van der Waals surface area contributed by atoms with E-state index < -0.39 is 12.0 Å². The van der Waals surface area contributed by atoms with Gasteiger partial charge in [0.15, 0.2) is 0 Å². The van der Waals surface area contributed by atoms with Crippen molar-refractivity contribution >= 4 is 11.9 Å². The topological polar surface area (TPSA) is 78.6 Å². The summed E-state index contributed by atoms with van der Waals surface area (Å²) in [7, 11) is 0. The van der Waals surface area contributed by atoms with Crippen molar-refractivity contribution in [2.24, 2.45) is 5.73 Å². The first-order chi connectivity index (χ1) is 9.61. The Morgan fingerprint density at radius 2 is 1.50 bits per heavy atom. The summed E-state index contributed by atoms with van der Waals surface area (Å²) in [6.07, 6.45) is 6.43. The number of carbonyl (C=O) groups is 2. The first kappa shape index (κ1) is 18.9. The molecule has 0 aromatic carbocycles. The van der Waals surface area contributed by atoms with Gasteiger partial charge < -0.3 is 15.2 Å². The highest BCUT2D eigenvalue weighted by molar-refractivity contribution is 5.77. The van der Waals surface area contributed by atoms with Crippen LogP contribution in [-0.4, -0.2) is 31.2 Å². The first-order valence-corrected chi connectivity index (χ1v) is 7.69. The van der Waals surface area contributed by atoms with Gasteiger partial charge in [0, 0.05) is 6.42 Å². The Balaban J connectivity index is 3.61. The van der Waals surface area contributed by atoms with E-state index in [9.17, 15) is 9.59 Å². The summed E-state index contributed by atoms with van der Waals surface area (Å²) in [5.41, 5.74) is 5.67. The van der Waals surface area contributed by atoms with Crippen LogP contribution in [0.2, 0.25) is 0 Å². The second kappa shape index (κ2) is 12.9. The van der Waals surface area contributed by atoms with Crippen LogP contribution in [0.25, 0.3) is 0 Å². The van der Waals surface area contributed by atoms with Gasteiger partial charge in [0.05, 0.1) is 13.2 Å². The third-order valence-corrected chi connectivity index (χ3v) is 2.97. The van der Waals surface area contributed by atoms with Crippen molar-refractivity contribution in [3.05, 3.63) is 0 Å². The van der Waals surface area contributed by atoms with Crippen molar-refractivity contribution < 1.29 is 19.1 Å². The average Bonchev–Trinajstić information content (AvgIpc) is 2.45. The van der Waals surface area contributed by atoms with E-state index in [0.29, 0.717) is 13.2 Å². The van der Waals surface area contributed by atoms with Gasteiger partial charge in [-0.05, 0) is 19.3 Å². The number of ether oxygens (including phenoxy) is 2. The Labute approximate surface area is 122 Å². The minimum absolute atomic E-state index is 0.164. The molecule has 0 saturated heterocycles. The van der Waals surface area contributed by atoms with Gasteiger partial charge >= 0.3 is 11.9 Å². The predicted molar refractivity (Wildman–Crippen MR) is 78.2 cm³/mol. The predicted octanol–water partition coefficient (Wildman–Crippen LogP) is 2.56. The molecule has 0 heterocycles. The molecule has 118 valence electrons. The molecule has 5 nitrogen and oxygen atoms in total. The molecular weight excluding hydrogens is 258 g/mol. The third kappa shape index (κ3) is 10.8. The highest BCUT2D eigenvalue weighted by atomic mass is 16.5. The first-order valence-electron chi connectivity index (χ1n) is 7.69. The molecule has 20 heavy (non-hydrogen) atoms. The largest absolute Gasteiger partial charge is 0.466 e. The Morgan fingerprint density at radius 1 is 0.950 bits per heavy atom. The number of rotatable bonds is 12. The fourth-order valence-electron chi connectivity index (χ4n) is 1.63. The summed E-state index contributed by atoms with van der Waals surface area (Å²) in [6, 6.07) is -0.736. The smallest absolute Gasteiger partial charge is 0.322 e. The van der Waals surface area contributed by atoms with Gasteiger partial charge in [0.1, 0.15) is 6.04 Å². The lowest BCUT2D eigenvalue weighted by Gasteiger charge is -2.11. The van der Waals surface area contributed by atoms with Crippen LogP contribution in [0.1, 0.15) is 65.2 Å². The summed E-state index contributed by atoms with van der Waals surface area (Å²) in [4.78, 5) is 22.9. The zero-order valence-electron chi connectivity index (χ0n) is 12.9. The van der Waals surface area contributed by atoms with E-state index in [2.05, 4.69) is 13.8 Å². The molecule has 0 amide bonds. The van der Waals surface area contributed by atoms with Crippen molar-refractivity contribution in [2.75, 3.05) is 13.2 Å². The quantitative estimate of drug-likeness (QED) is 0.441. The van der Waals surface area contributed by atoms with E-state index in [1.807, 2.05) is 0 Å². The second-order valence-corrected chi connectivity index (χ2v) is 4.95. The van der Waals surface area contributed by atoms with Crippen molar-refractivity contribution in [3.8, 4) is 0 Å². The van der Waals surface area contributed by atoms with Gasteiger partial charge in [-0.15, -0.1) is 0 Å². The maximum Gasteiger partial charge on any atom is 0.322 e. The fourth-order valence-corrected chi connectivity index (χ4v) is 1.63. The van der Waals surface area contributed by atoms with Crippen LogP contribution in [-0.2, 0) is 19.1 Å². The zero-order valence-corrected chi connectivity index (χ0v) is 12.9. The normalized spacial score (nSPS) is 11.9. The maximum absolute atomic E-state index is 11.5. The second-order valence-electron chi connectivity index (χ2n) is 4.95. The molecule has 0 aliphatic heterocycles. The number of esters is 2. The molecule has 0 unspecified atom stereocenters. The summed E-state index contributed by atoms with van der Waals surface area (Å²) >= 11 is 0. The average molecular weight is 287 g/mol. The minimum atomic E-state index is -0.736. The molecule has 0 radical (unpaired) electrons. The van der Waals surface area contributed by atoms with Gasteiger partial charge in [-0.1, -0.05) is 39.5 Å². The molecule has 0 spiro atoms. The number of unbranched alkanes of at least 4 members (excludes halogenated alkanes) is 4. The molecule has 0 saturated carbocycles. The van der Waals surface area contributed by atoms with Crippen LogP contribution in [0.5, 0.6) is 0 Å². The molecular formula is C15H29NO4. The van der Waals surface area contributed by atoms with Gasteiger partial charge in [-0.25, -0.2) is 0 Å². The van der Waals surface area contributed by atoms with Crippen LogP contribution in [0.15, 0.2) is 0 Å². The van der Waals surface area contributed by atoms with E-state index in [4.69, 9.17) is 15.2 Å². The SMILES string of the molecule is CCCCCOC(=O)CC[C@@H](N)C(=O)OCCCCC. The van der Waals surface area contributed by atoms with Crippen LogP contribution in [0.3, 0.4) is 0 Å². The van der Waals surface area contributed by atoms with Crippen LogP contribution < -0.4 is 5.73 Å². The standard InChI is InChI=1S/C15H29NO4/c1-3-5-7-11-19-14(17)10-9-13(16)15(18)20-12-8-6-4-2/h13H,3-12,16H2,1-2H3/t13-/m1/s1. The fraction of sp³-hybridized carbons (Fsp3) is 0.867. The molecule has 0 aromatic rings. The van der Waals surface area contributed by atoms with Crippen molar-refractivity contribution in [2.45, 2.75) is 71.3 Å². The van der Waals surface area contributed by atoms with E-state index in [-0.39, 0.29) is 18.8 Å². The summed E-state index contributed by atoms with van der Waals surface area (Å²) in [5.74, 6) is -0.727. The van der Waals surface area contributed by atoms with Gasteiger partial charge in [-0.3, -0.25) is 9.59 Å². The number of carbonyl (C=O) groups excluding carboxylic acids is 2. The molecule has 5 heteroatoms. The number of nitrogens with two attached hydrogens (primary N) is 1. The number of hydrogen-bond donors (Lipinski definition) is 1. The zero-order chi connectivity index (χ0) is 15.2. The molecule has 0 aliphatic carbocycles. The Kier molecular flexibility index (Phi) is 12.2. The monoisotopic (exact) mass is 287 g/mol. The van der Waals surface area contributed by atoms with Gasteiger partial charge in [0.2, 0.25) is 0 Å². The van der Waals surface area contributed by atoms with Crippen molar-refractivity contribution in [3.63, 3.8) is 0 Å². The van der Waals surface area contributed by atoms with Crippen molar-refractivity contribution in [1.82, 2.24) is 0 Å². The lowest BCUT2D eigenvalue weighted by atomic mass is 10.2. The van der Waals surface area contributed by atoms with E-state index in [1.165, 1.54) is 0 Å². The van der Waals surface area contributed by atoms with E-state index >= 15 is 0 Å². The minimum Gasteiger partial charge on any atom is -0.466 e. The van der Waals surface area contributed by atoms with E-state index in [0.717, 1.165) is 38.5 Å². The highest BCUT2D eigenvalue weighted by Crippen LogP contribution is 2.02. The molecule has 0 fully saturated rings. The van der Waals surface area contributed by atoms with Crippen LogP contribution in [0.4, 0.5) is 0 Å². The molecule has 0 aliphatic rings. The summed E-state index contributed by atoms with van der Waals surface area (Å²) in [5, 5.41) is 0. The maximum atomic E-state index is 11.5. The van der Waals surface area contributed by atoms with Crippen LogP contribution in [0, 0.1) is 0 Å². The lowest BCUT2D eigenvalue weighted by molar-refractivity contribution is -0.146. The molecule has 1 atom stereocenters. The highest BCUT2D eigenvalue weighted by Gasteiger charge is 2.16. The third-order valence-electron chi connectivity index (χ3n) is 2.97. The van der Waals surface area contributed by atoms with Gasteiger partial charge in [0.25, 0.3) is 0 Å². The molecule has 0 bridgehead atoms. The van der Waals surface area contributed by atoms with Gasteiger partial charge in [-0.2, -0.15) is 0 Å². The Morgan fingerprint density at radius 3 is 2.05 bits per heavy atom. The van der Waals surface area contributed by atoms with Crippen LogP contribution >= 0.6 is 0 Å². The Bertz CT molecular complexity index is 269. The summed E-state index contributed by atoms with van der Waals surface area (Å²) in [6.45, 7) is 5.03. The molecule has 2 N–H and O–H groups in total. The summed E-state index contributed by atoms with van der Waals surface area (Å²) < 4.78 is 10.1. The number of hydrogen-bond acceptors (Lipinski definition) is 5. The Hall–Kier alpha value is -1.10. The lowest BCUT2D eigenvalue weighted by Crippen LogP contribution is -2.33. The van der Waals surface area contributed by atoms with Crippen molar-refractivity contribution in [1.29, 1.82) is 0 Å². The molecule has 0 aromatic heterocycles.